The van der Waals surface area contributed by atoms with E-state index in [1.54, 1.807) is 0 Å². The third-order valence-electron chi connectivity index (χ3n) is 5.12. The lowest BCUT2D eigenvalue weighted by atomic mass is 9.90. The van der Waals surface area contributed by atoms with Crippen molar-refractivity contribution >= 4 is 17.5 Å². The molecule has 0 saturated heterocycles. The number of hydrogen-bond donors (Lipinski definition) is 1. The van der Waals surface area contributed by atoms with Crippen molar-refractivity contribution in [3.8, 4) is 22.8 Å². The number of nitrogens with one attached hydrogen (secondary N) is 1. The molecule has 0 saturated carbocycles. The molecule has 2 aromatic heterocycles. The summed E-state index contributed by atoms with van der Waals surface area (Å²) in [4.78, 5) is 20.6. The molecule has 0 aliphatic carbocycles. The highest BCUT2D eigenvalue weighted by Crippen LogP contribution is 2.31. The molecule has 35 heavy (non-hydrogen) atoms. The molecule has 0 aliphatic heterocycles. The fourth-order valence-corrected chi connectivity index (χ4v) is 3.29. The summed E-state index contributed by atoms with van der Waals surface area (Å²) < 4.78 is 61.1. The van der Waals surface area contributed by atoms with Gasteiger partial charge >= 0.3 is 12.1 Å². The summed E-state index contributed by atoms with van der Waals surface area (Å²) in [5.41, 5.74) is 0.611. The zero-order valence-corrected chi connectivity index (χ0v) is 19.0. The van der Waals surface area contributed by atoms with Crippen LogP contribution in [0.15, 0.2) is 57.7 Å². The maximum absolute atomic E-state index is 13.2. The smallest absolute Gasteiger partial charge is 0.444 e. The predicted molar refractivity (Wildman–Crippen MR) is 117 cm³/mol. The summed E-state index contributed by atoms with van der Waals surface area (Å²) in [6.07, 6.45) is -3.34. The number of nitrogens with zero attached hydrogens (tertiary/aromatic N) is 3. The number of halogens is 5. The van der Waals surface area contributed by atoms with Crippen LogP contribution in [0.2, 0.25) is 5.02 Å². The van der Waals surface area contributed by atoms with E-state index in [2.05, 4.69) is 25.0 Å². The van der Waals surface area contributed by atoms with Gasteiger partial charge in [-0.3, -0.25) is 4.79 Å². The first-order valence-corrected chi connectivity index (χ1v) is 10.5. The molecule has 0 atom stereocenters. The van der Waals surface area contributed by atoms with Gasteiger partial charge in [0.2, 0.25) is 11.7 Å². The second-order valence-corrected chi connectivity index (χ2v) is 8.63. The van der Waals surface area contributed by atoms with Crippen LogP contribution in [-0.4, -0.2) is 27.6 Å². The van der Waals surface area contributed by atoms with Crippen LogP contribution in [0.5, 0.6) is 0 Å². The van der Waals surface area contributed by atoms with E-state index in [9.17, 15) is 22.4 Å². The van der Waals surface area contributed by atoms with Gasteiger partial charge in [-0.1, -0.05) is 30.6 Å². The van der Waals surface area contributed by atoms with E-state index in [1.807, 2.05) is 13.8 Å². The van der Waals surface area contributed by atoms with Gasteiger partial charge in [0, 0.05) is 23.1 Å². The number of carbonyl (C=O) groups excluding carboxylic acids is 1. The second-order valence-electron chi connectivity index (χ2n) is 8.23. The normalized spacial score (nSPS) is 12.1. The van der Waals surface area contributed by atoms with Crippen molar-refractivity contribution in [3.63, 3.8) is 0 Å². The first kappa shape index (κ1) is 24.4. The third-order valence-corrected chi connectivity index (χ3v) is 5.45. The molecule has 0 spiro atoms. The van der Waals surface area contributed by atoms with E-state index < -0.39 is 23.4 Å². The van der Waals surface area contributed by atoms with Crippen molar-refractivity contribution in [1.82, 2.24) is 20.4 Å². The van der Waals surface area contributed by atoms with Gasteiger partial charge in [0.15, 0.2) is 0 Å². The monoisotopic (exact) mass is 508 g/mol. The number of aromatic nitrogens is 3. The first-order valence-electron chi connectivity index (χ1n) is 10.1. The molecule has 2 aromatic carbocycles. The molecule has 0 aliphatic rings. The minimum absolute atomic E-state index is 0.0190. The van der Waals surface area contributed by atoms with Crippen LogP contribution < -0.4 is 5.32 Å². The number of benzene rings is 2. The summed E-state index contributed by atoms with van der Waals surface area (Å²) >= 11 is 6.15. The van der Waals surface area contributed by atoms with Gasteiger partial charge in [-0.05, 0) is 42.5 Å². The number of rotatable bonds is 6. The van der Waals surface area contributed by atoms with E-state index in [0.717, 1.165) is 0 Å². The zero-order chi connectivity index (χ0) is 25.4. The summed E-state index contributed by atoms with van der Waals surface area (Å²) in [5.74, 6) is -2.48. The van der Waals surface area contributed by atoms with E-state index in [0.29, 0.717) is 17.1 Å². The minimum Gasteiger partial charge on any atom is -0.444 e. The summed E-state index contributed by atoms with van der Waals surface area (Å²) in [6.45, 7) is 3.79. The third kappa shape index (κ3) is 5.35. The Balaban J connectivity index is 1.48. The zero-order valence-electron chi connectivity index (χ0n) is 18.3. The number of alkyl halides is 3. The highest BCUT2D eigenvalue weighted by molar-refractivity contribution is 6.34. The van der Waals surface area contributed by atoms with Crippen LogP contribution in [0.4, 0.5) is 17.6 Å². The van der Waals surface area contributed by atoms with E-state index in [4.69, 9.17) is 16.0 Å². The van der Waals surface area contributed by atoms with E-state index in [1.165, 1.54) is 48.7 Å². The van der Waals surface area contributed by atoms with Crippen LogP contribution in [0, 0.1) is 5.82 Å². The molecule has 1 amide bonds. The Labute approximate surface area is 201 Å². The lowest BCUT2D eigenvalue weighted by molar-refractivity contribution is -0.159. The Morgan fingerprint density at radius 2 is 1.74 bits per heavy atom. The van der Waals surface area contributed by atoms with Crippen LogP contribution in [0.1, 0.15) is 35.8 Å². The largest absolute Gasteiger partial charge is 0.471 e. The molecule has 182 valence electrons. The fourth-order valence-electron chi connectivity index (χ4n) is 3.09. The van der Waals surface area contributed by atoms with Crippen LogP contribution >= 0.6 is 11.6 Å². The Morgan fingerprint density at radius 1 is 1.06 bits per heavy atom. The average molecular weight is 509 g/mol. The number of oxazole rings is 1. The van der Waals surface area contributed by atoms with Crippen LogP contribution in [0.3, 0.4) is 0 Å². The SMILES string of the molecule is CC(C)(CNC(=O)c1cc(-c2noc(C(F)(F)F)n2)ccc1Cl)c1coc(-c2ccc(F)cc2)n1. The molecule has 7 nitrogen and oxygen atoms in total. The van der Waals surface area contributed by atoms with Gasteiger partial charge in [0.1, 0.15) is 12.1 Å². The van der Waals surface area contributed by atoms with Crippen molar-refractivity contribution < 1.29 is 31.3 Å². The highest BCUT2D eigenvalue weighted by atomic mass is 35.5. The van der Waals surface area contributed by atoms with Crippen LogP contribution in [-0.2, 0) is 11.6 Å². The Hall–Kier alpha value is -3.73. The lowest BCUT2D eigenvalue weighted by Crippen LogP contribution is -2.37. The maximum Gasteiger partial charge on any atom is 0.471 e. The summed E-state index contributed by atoms with van der Waals surface area (Å²) in [5, 5.41) is 6.15. The first-order chi connectivity index (χ1) is 16.4. The Kier molecular flexibility index (Phi) is 6.37. The number of hydrogen-bond acceptors (Lipinski definition) is 6. The number of amides is 1. The van der Waals surface area contributed by atoms with E-state index >= 15 is 0 Å². The van der Waals surface area contributed by atoms with Crippen molar-refractivity contribution in [3.05, 3.63) is 76.7 Å². The molecule has 0 fully saturated rings. The average Bonchev–Trinajstić information content (AvgIpc) is 3.49. The standard InChI is InChI=1S/C23H17ClF4N4O3/c1-22(2,17-10-34-20(30-17)12-3-6-14(25)7-4-12)11-29-19(33)15-9-13(5-8-16(15)24)18-31-21(35-32-18)23(26,27)28/h3-10H,11H2,1-2H3,(H,29,33). The molecule has 0 bridgehead atoms. The van der Waals surface area contributed by atoms with Crippen LogP contribution in [0.25, 0.3) is 22.8 Å². The molecule has 0 radical (unpaired) electrons. The van der Waals surface area contributed by atoms with Gasteiger partial charge in [0.25, 0.3) is 5.91 Å². The highest BCUT2D eigenvalue weighted by Gasteiger charge is 2.38. The van der Waals surface area contributed by atoms with Crippen molar-refractivity contribution in [1.29, 1.82) is 0 Å². The van der Waals surface area contributed by atoms with Crippen molar-refractivity contribution in [2.24, 2.45) is 0 Å². The number of carbonyl (C=O) groups is 1. The minimum atomic E-state index is -4.79. The Morgan fingerprint density at radius 3 is 2.40 bits per heavy atom. The van der Waals surface area contributed by atoms with Gasteiger partial charge in [0.05, 0.1) is 16.3 Å². The summed E-state index contributed by atoms with van der Waals surface area (Å²) in [6, 6.07) is 9.67. The second kappa shape index (κ2) is 9.14. The van der Waals surface area contributed by atoms with Gasteiger partial charge in [-0.25, -0.2) is 9.37 Å². The molecule has 0 unspecified atom stereocenters. The Bertz CT molecular complexity index is 1360. The quantitative estimate of drug-likeness (QED) is 0.325. The molecule has 12 heteroatoms. The molecule has 4 rings (SSSR count). The predicted octanol–water partition coefficient (Wildman–Crippen LogP) is 5.91. The van der Waals surface area contributed by atoms with Crippen molar-refractivity contribution in [2.45, 2.75) is 25.4 Å². The molecule has 1 N–H and O–H groups in total. The molecule has 2 heterocycles. The molecule has 4 aromatic rings. The van der Waals surface area contributed by atoms with E-state index in [-0.39, 0.29) is 34.3 Å². The molecular formula is C23H17ClF4N4O3. The topological polar surface area (TPSA) is 94.1 Å². The maximum atomic E-state index is 13.2. The van der Waals surface area contributed by atoms with Gasteiger partial charge in [-0.2, -0.15) is 18.2 Å². The summed E-state index contributed by atoms with van der Waals surface area (Å²) in [7, 11) is 0. The lowest BCUT2D eigenvalue weighted by Gasteiger charge is -2.22. The molecular weight excluding hydrogens is 492 g/mol. The van der Waals surface area contributed by atoms with Gasteiger partial charge < -0.3 is 14.3 Å². The van der Waals surface area contributed by atoms with Gasteiger partial charge in [-0.15, -0.1) is 0 Å². The fraction of sp³-hybridized carbons (Fsp3) is 0.217. The van der Waals surface area contributed by atoms with Crippen molar-refractivity contribution in [2.75, 3.05) is 6.54 Å².